The quantitative estimate of drug-likeness (QED) is 0.229. The summed E-state index contributed by atoms with van der Waals surface area (Å²) in [5, 5.41) is 0. The molecule has 0 rings (SSSR count). The normalized spacial score (nSPS) is 13.3. The Morgan fingerprint density at radius 1 is 1.60 bits per heavy atom. The van der Waals surface area contributed by atoms with Gasteiger partial charge in [0.25, 0.3) is 0 Å². The first kappa shape index (κ1) is 14.7. The van der Waals surface area contributed by atoms with Crippen molar-refractivity contribution in [1.29, 1.82) is 0 Å². The first-order valence-corrected chi connectivity index (χ1v) is 9.24. The minimum Gasteiger partial charge on any atom is -0.433 e. The van der Waals surface area contributed by atoms with Crippen molar-refractivity contribution in [2.75, 3.05) is 6.61 Å². The first-order chi connectivity index (χ1) is 6.89. The van der Waals surface area contributed by atoms with Crippen molar-refractivity contribution in [3.63, 3.8) is 0 Å². The monoisotopic (exact) mass is 250 g/mol. The molecular weight excluding hydrogens is 232 g/mol. The Balaban J connectivity index is 4.04. The van der Waals surface area contributed by atoms with Gasteiger partial charge >= 0.3 is 5.97 Å². The maximum atomic E-state index is 11.0. The lowest BCUT2D eigenvalue weighted by molar-refractivity contribution is -0.172. The second kappa shape index (κ2) is 7.03. The zero-order chi connectivity index (χ0) is 11.9. The van der Waals surface area contributed by atoms with E-state index in [1.165, 1.54) is 0 Å². The van der Waals surface area contributed by atoms with E-state index in [1.54, 1.807) is 0 Å². The van der Waals surface area contributed by atoms with E-state index in [4.69, 9.17) is 20.6 Å². The summed E-state index contributed by atoms with van der Waals surface area (Å²) in [5.41, 5.74) is 0. The van der Waals surface area contributed by atoms with Crippen LogP contribution in [0.2, 0.25) is 19.1 Å². The van der Waals surface area contributed by atoms with Crippen LogP contribution < -0.4 is 0 Å². The van der Waals surface area contributed by atoms with Crippen molar-refractivity contribution in [3.8, 4) is 0 Å². The number of hydrogen-bond acceptors (Lipinski definition) is 3. The Hall–Kier alpha value is -0.323. The van der Waals surface area contributed by atoms with E-state index < -0.39 is 19.6 Å². The van der Waals surface area contributed by atoms with Gasteiger partial charge in [0.15, 0.2) is 7.38 Å². The number of hydrogen-bond donors (Lipinski definition) is 0. The molecule has 0 bridgehead atoms. The van der Waals surface area contributed by atoms with Gasteiger partial charge in [0.05, 0.1) is 0 Å². The van der Waals surface area contributed by atoms with Gasteiger partial charge < -0.3 is 9.47 Å². The molecule has 1 atom stereocenters. The van der Waals surface area contributed by atoms with Crippen LogP contribution in [0.4, 0.5) is 0 Å². The molecule has 0 aliphatic heterocycles. The summed E-state index contributed by atoms with van der Waals surface area (Å²) >= 11 is 6.17. The average molecular weight is 251 g/mol. The average Bonchev–Trinajstić information content (AvgIpc) is 2.13. The largest absolute Gasteiger partial charge is 0.433 e. The number of esters is 1. The lowest BCUT2D eigenvalue weighted by atomic mass is 10.4. The molecule has 0 fully saturated rings. The van der Waals surface area contributed by atoms with Gasteiger partial charge in [-0.1, -0.05) is 19.7 Å². The highest BCUT2D eigenvalue weighted by atomic mass is 35.6. The number of rotatable bonds is 7. The summed E-state index contributed by atoms with van der Waals surface area (Å²) in [6.07, 6.45) is 1.29. The van der Waals surface area contributed by atoms with E-state index in [0.29, 0.717) is 13.0 Å². The molecule has 0 aromatic carbocycles. The Morgan fingerprint density at radius 2 is 2.20 bits per heavy atom. The molecule has 3 nitrogen and oxygen atoms in total. The van der Waals surface area contributed by atoms with Crippen LogP contribution in [0, 0.1) is 0 Å². The van der Waals surface area contributed by atoms with E-state index in [1.807, 2.05) is 20.0 Å². The van der Waals surface area contributed by atoms with Crippen LogP contribution in [-0.2, 0) is 14.3 Å². The van der Waals surface area contributed by atoms with E-state index >= 15 is 0 Å². The highest BCUT2D eigenvalue weighted by Crippen LogP contribution is 2.19. The lowest BCUT2D eigenvalue weighted by Gasteiger charge is -2.19. The Labute approximate surface area is 97.1 Å². The second-order valence-electron chi connectivity index (χ2n) is 3.78. The van der Waals surface area contributed by atoms with Gasteiger partial charge in [0.1, 0.15) is 0 Å². The molecule has 0 amide bonds. The minimum absolute atomic E-state index is 0.456. The van der Waals surface area contributed by atoms with Gasteiger partial charge in [-0.2, -0.15) is 11.1 Å². The SMILES string of the molecule is C=CC(=O)OC(CC[Si](C)(C)Cl)OCC. The predicted octanol–water partition coefficient (Wildman–Crippen LogP) is 2.91. The van der Waals surface area contributed by atoms with E-state index in [2.05, 4.69) is 6.58 Å². The summed E-state index contributed by atoms with van der Waals surface area (Å²) in [7, 11) is -1.64. The predicted molar refractivity (Wildman–Crippen MR) is 64.5 cm³/mol. The number of halogens is 1. The molecule has 0 aromatic rings. The zero-order valence-electron chi connectivity index (χ0n) is 9.59. The van der Waals surface area contributed by atoms with Crippen LogP contribution in [0.25, 0.3) is 0 Å². The van der Waals surface area contributed by atoms with Crippen molar-refractivity contribution < 1.29 is 14.3 Å². The van der Waals surface area contributed by atoms with E-state index in [-0.39, 0.29) is 0 Å². The summed E-state index contributed by atoms with van der Waals surface area (Å²) in [4.78, 5) is 11.0. The molecule has 0 heterocycles. The fourth-order valence-corrected chi connectivity index (χ4v) is 2.25. The highest BCUT2D eigenvalue weighted by Gasteiger charge is 2.21. The summed E-state index contributed by atoms with van der Waals surface area (Å²) in [6.45, 7) is 9.80. The van der Waals surface area contributed by atoms with E-state index in [9.17, 15) is 4.79 Å². The van der Waals surface area contributed by atoms with Crippen LogP contribution in [-0.4, -0.2) is 26.2 Å². The van der Waals surface area contributed by atoms with E-state index in [0.717, 1.165) is 12.1 Å². The van der Waals surface area contributed by atoms with Crippen molar-refractivity contribution in [1.82, 2.24) is 0 Å². The van der Waals surface area contributed by atoms with Crippen molar-refractivity contribution in [3.05, 3.63) is 12.7 Å². The molecule has 15 heavy (non-hydrogen) atoms. The van der Waals surface area contributed by atoms with Gasteiger partial charge in [-0.3, -0.25) is 0 Å². The topological polar surface area (TPSA) is 35.5 Å². The van der Waals surface area contributed by atoms with Crippen molar-refractivity contribution in [2.45, 2.75) is 38.8 Å². The van der Waals surface area contributed by atoms with Gasteiger partial charge in [0.2, 0.25) is 6.29 Å². The maximum absolute atomic E-state index is 11.0. The third kappa shape index (κ3) is 8.66. The minimum atomic E-state index is -1.64. The molecule has 0 saturated carbocycles. The standard InChI is InChI=1S/C10H19ClO3Si/c1-5-9(12)14-10(13-6-2)7-8-15(3,4)11/h5,10H,1,6-8H2,2-4H3. The number of ether oxygens (including phenoxy) is 2. The highest BCUT2D eigenvalue weighted by molar-refractivity contribution is 7.19. The van der Waals surface area contributed by atoms with Gasteiger partial charge in [-0.15, -0.1) is 0 Å². The maximum Gasteiger partial charge on any atom is 0.332 e. The van der Waals surface area contributed by atoms with Crippen LogP contribution >= 0.6 is 11.1 Å². The molecule has 0 aliphatic carbocycles. The second-order valence-corrected chi connectivity index (χ2v) is 10.8. The molecule has 0 spiro atoms. The fraction of sp³-hybridized carbons (Fsp3) is 0.700. The van der Waals surface area contributed by atoms with Crippen LogP contribution in [0.3, 0.4) is 0 Å². The summed E-state index contributed by atoms with van der Waals surface area (Å²) < 4.78 is 10.3. The van der Waals surface area contributed by atoms with Gasteiger partial charge in [-0.05, 0) is 13.0 Å². The van der Waals surface area contributed by atoms with Crippen LogP contribution in [0.15, 0.2) is 12.7 Å². The van der Waals surface area contributed by atoms with Gasteiger partial charge in [-0.25, -0.2) is 4.79 Å². The first-order valence-electron chi connectivity index (χ1n) is 5.02. The number of carbonyl (C=O) groups excluding carboxylic acids is 1. The Bertz CT molecular complexity index is 213. The smallest absolute Gasteiger partial charge is 0.332 e. The number of carbonyl (C=O) groups is 1. The summed E-state index contributed by atoms with van der Waals surface area (Å²) in [6, 6.07) is 0.851. The van der Waals surface area contributed by atoms with Crippen molar-refractivity contribution >= 4 is 24.4 Å². The molecule has 0 aromatic heterocycles. The zero-order valence-corrected chi connectivity index (χ0v) is 11.3. The lowest BCUT2D eigenvalue weighted by Crippen LogP contribution is -2.25. The Kier molecular flexibility index (Phi) is 6.88. The Morgan fingerprint density at radius 3 is 2.60 bits per heavy atom. The molecule has 5 heteroatoms. The fourth-order valence-electron chi connectivity index (χ4n) is 1.00. The molecule has 88 valence electrons. The van der Waals surface area contributed by atoms with Gasteiger partial charge in [0, 0.05) is 19.1 Å². The van der Waals surface area contributed by atoms with Crippen LogP contribution in [0.5, 0.6) is 0 Å². The summed E-state index contributed by atoms with van der Waals surface area (Å²) in [5.74, 6) is -0.456. The molecule has 0 aliphatic rings. The van der Waals surface area contributed by atoms with Crippen molar-refractivity contribution in [2.24, 2.45) is 0 Å². The third-order valence-electron chi connectivity index (χ3n) is 1.74. The van der Waals surface area contributed by atoms with Crippen LogP contribution in [0.1, 0.15) is 13.3 Å². The molecule has 0 saturated heterocycles. The third-order valence-corrected chi connectivity index (χ3v) is 3.79. The molecule has 1 unspecified atom stereocenters. The molecular formula is C10H19ClO3Si. The molecule has 0 N–H and O–H groups in total. The molecule has 0 radical (unpaired) electrons.